The van der Waals surface area contributed by atoms with Crippen LogP contribution in [-0.4, -0.2) is 106 Å². The Bertz CT molecular complexity index is 4360. The summed E-state index contributed by atoms with van der Waals surface area (Å²) in [5.41, 5.74) is 9.89. The van der Waals surface area contributed by atoms with Gasteiger partial charge in [0.1, 0.15) is 26.1 Å². The van der Waals surface area contributed by atoms with Crippen molar-refractivity contribution in [2.75, 3.05) is 28.7 Å². The Balaban J connectivity index is 1.10. The first-order valence-corrected chi connectivity index (χ1v) is 29.5. The number of carbonyl (C=O) groups is 1. The summed E-state index contributed by atoms with van der Waals surface area (Å²) < 4.78 is 199. The van der Waals surface area contributed by atoms with Crippen LogP contribution in [0.1, 0.15) is 10.4 Å². The van der Waals surface area contributed by atoms with Gasteiger partial charge in [-0.3, -0.25) is 27.6 Å². The van der Waals surface area contributed by atoms with E-state index in [2.05, 4.69) is 50.2 Å². The fraction of sp³-hybridized carbons (Fsp3) is 0.0500. The first-order valence-electron chi connectivity index (χ1n) is 20.4. The molecule has 37 heteroatoms. The number of hydrogen-bond donors (Lipinski definition) is 9. The molecule has 0 aliphatic carbocycles. The van der Waals surface area contributed by atoms with E-state index in [9.17, 15) is 73.5 Å². The topological polar surface area (TPSA) is 496 Å². The van der Waals surface area contributed by atoms with Gasteiger partial charge in [-0.15, -0.1) is 15.3 Å². The van der Waals surface area contributed by atoms with E-state index in [0.717, 1.165) is 30.3 Å². The second-order valence-electron chi connectivity index (χ2n) is 15.4. The molecule has 404 valence electrons. The van der Waals surface area contributed by atoms with E-state index in [1.807, 2.05) is 0 Å². The highest BCUT2D eigenvalue weighted by Gasteiger charge is 2.27. The van der Waals surface area contributed by atoms with Crippen molar-refractivity contribution < 1.29 is 82.2 Å². The van der Waals surface area contributed by atoms with E-state index in [-0.39, 0.29) is 56.6 Å². The number of fused-ring (bicyclic) bond motifs is 1. The summed E-state index contributed by atoms with van der Waals surface area (Å²) in [6.07, 6.45) is 0. The summed E-state index contributed by atoms with van der Waals surface area (Å²) >= 11 is 6.17. The molecular formula is C40H32ClN11O19S6. The number of halogens is 1. The number of primary amides is 1. The van der Waals surface area contributed by atoms with Gasteiger partial charge in [-0.2, -0.15) is 62.2 Å². The van der Waals surface area contributed by atoms with E-state index >= 15 is 0 Å². The third kappa shape index (κ3) is 14.1. The molecule has 0 saturated carbocycles. The molecule has 7 rings (SSSR count). The summed E-state index contributed by atoms with van der Waals surface area (Å²) in [7, 11) is -30.0. The van der Waals surface area contributed by atoms with Crippen LogP contribution in [0.4, 0.5) is 51.7 Å². The number of anilines is 5. The third-order valence-electron chi connectivity index (χ3n) is 10.1. The van der Waals surface area contributed by atoms with Crippen LogP contribution in [0, 0.1) is 0 Å². The zero-order chi connectivity index (χ0) is 56.6. The van der Waals surface area contributed by atoms with Gasteiger partial charge in [-0.1, -0.05) is 18.2 Å². The Morgan fingerprint density at radius 3 is 1.73 bits per heavy atom. The Kier molecular flexibility index (Phi) is 15.9. The summed E-state index contributed by atoms with van der Waals surface area (Å²) in [5, 5.41) is 19.8. The SMILES string of the molecule is NC(=O)c1cc(Nc2nc(Cl)nc(Nc3ccc(N=Nc4cc(N)c(-c5ccccc5S(=O)(=O)CCOS(=O)(=O)O)cc4S(=O)(=O)O)cc3)n2)ccc1N=Nc1cc2c(S(=O)(=O)O)cc(S(=O)(=O)O)cc2cc1S(=O)(=O)O. The maximum Gasteiger partial charge on any atom is 0.397 e. The lowest BCUT2D eigenvalue weighted by Crippen LogP contribution is -2.16. The number of nitrogen functional groups attached to an aromatic ring is 1. The van der Waals surface area contributed by atoms with Crippen LogP contribution in [0.2, 0.25) is 5.28 Å². The van der Waals surface area contributed by atoms with Crippen molar-refractivity contribution in [2.45, 2.75) is 24.5 Å². The quantitative estimate of drug-likeness (QED) is 0.0257. The van der Waals surface area contributed by atoms with Crippen molar-refractivity contribution in [1.29, 1.82) is 0 Å². The minimum absolute atomic E-state index is 0.0748. The summed E-state index contributed by atoms with van der Waals surface area (Å²) in [6.45, 7) is -0.956. The first kappa shape index (κ1) is 57.1. The molecule has 0 saturated heterocycles. The molecule has 77 heavy (non-hydrogen) atoms. The van der Waals surface area contributed by atoms with Crippen molar-refractivity contribution in [3.8, 4) is 11.1 Å². The van der Waals surface area contributed by atoms with E-state index in [4.69, 9.17) is 27.6 Å². The van der Waals surface area contributed by atoms with Crippen molar-refractivity contribution >= 4 is 141 Å². The molecule has 0 bridgehead atoms. The second kappa shape index (κ2) is 21.4. The molecule has 0 fully saturated rings. The van der Waals surface area contributed by atoms with Crippen LogP contribution in [0.15, 0.2) is 148 Å². The maximum absolute atomic E-state index is 13.2. The first-order chi connectivity index (χ1) is 35.7. The molecule has 0 spiro atoms. The van der Waals surface area contributed by atoms with Crippen LogP contribution in [-0.2, 0) is 64.9 Å². The van der Waals surface area contributed by atoms with Gasteiger partial charge >= 0.3 is 10.4 Å². The maximum atomic E-state index is 13.2. The number of nitrogens with two attached hydrogens (primary N) is 2. The molecule has 0 unspecified atom stereocenters. The zero-order valence-electron chi connectivity index (χ0n) is 37.8. The Morgan fingerprint density at radius 1 is 0.571 bits per heavy atom. The van der Waals surface area contributed by atoms with Gasteiger partial charge in [-0.25, -0.2) is 12.6 Å². The smallest absolute Gasteiger partial charge is 0.397 e. The minimum atomic E-state index is -5.25. The van der Waals surface area contributed by atoms with Crippen LogP contribution in [0.3, 0.4) is 0 Å². The number of aromatic nitrogens is 3. The molecule has 1 heterocycles. The predicted octanol–water partition coefficient (Wildman–Crippen LogP) is 5.92. The number of amides is 1. The predicted molar refractivity (Wildman–Crippen MR) is 270 cm³/mol. The number of benzene rings is 6. The number of hydrogen-bond acceptors (Lipinski definition) is 24. The lowest BCUT2D eigenvalue weighted by atomic mass is 10.0. The van der Waals surface area contributed by atoms with Gasteiger partial charge in [0, 0.05) is 33.6 Å². The van der Waals surface area contributed by atoms with E-state index < -0.39 is 126 Å². The number of nitrogens with zero attached hydrogens (tertiary/aromatic N) is 7. The molecule has 1 aromatic heterocycles. The zero-order valence-corrected chi connectivity index (χ0v) is 43.4. The molecule has 7 aromatic rings. The number of carbonyl (C=O) groups excluding carboxylic acids is 1. The average Bonchev–Trinajstić information content (AvgIpc) is 3.31. The minimum Gasteiger partial charge on any atom is -0.398 e. The van der Waals surface area contributed by atoms with Crippen LogP contribution >= 0.6 is 11.6 Å². The molecule has 30 nitrogen and oxygen atoms in total. The second-order valence-corrected chi connectivity index (χ2v) is 24.5. The molecular weight excluding hydrogens is 1170 g/mol. The Morgan fingerprint density at radius 2 is 1.13 bits per heavy atom. The number of nitrogens with one attached hydrogen (secondary N) is 2. The Hall–Kier alpha value is -7.59. The average molecular weight is 1200 g/mol. The molecule has 0 radical (unpaired) electrons. The number of rotatable bonds is 19. The molecule has 0 atom stereocenters. The lowest BCUT2D eigenvalue weighted by Gasteiger charge is -2.14. The fourth-order valence-corrected chi connectivity index (χ4v) is 11.3. The Labute approximate surface area is 439 Å². The van der Waals surface area contributed by atoms with Crippen molar-refractivity contribution in [3.63, 3.8) is 0 Å². The molecule has 11 N–H and O–H groups in total. The fourth-order valence-electron chi connectivity index (χ4n) is 6.84. The van der Waals surface area contributed by atoms with Gasteiger partial charge in [0.25, 0.3) is 46.4 Å². The summed E-state index contributed by atoms with van der Waals surface area (Å²) in [6, 6.07) is 18.7. The van der Waals surface area contributed by atoms with E-state index in [1.54, 1.807) is 0 Å². The number of azo groups is 2. The van der Waals surface area contributed by atoms with Gasteiger partial charge in [0.2, 0.25) is 17.2 Å². The van der Waals surface area contributed by atoms with Crippen LogP contribution in [0.25, 0.3) is 21.9 Å². The summed E-state index contributed by atoms with van der Waals surface area (Å²) in [4.78, 5) is 20.4. The third-order valence-corrected chi connectivity index (χ3v) is 16.0. The van der Waals surface area contributed by atoms with E-state index in [0.29, 0.717) is 30.0 Å². The lowest BCUT2D eigenvalue weighted by molar-refractivity contribution is 0.100. The van der Waals surface area contributed by atoms with Crippen molar-refractivity contribution in [2.24, 2.45) is 26.2 Å². The highest BCUT2D eigenvalue weighted by Crippen LogP contribution is 2.40. The standard InChI is InChI=1S/C40H32ClN11O19S6/c41-38-46-39(44-21-5-7-22(8-6-21)49-51-32-19-29(42)27(18-36(32)76(65,66)67)25-3-1-2-4-33(25)72(54,55)12-11-71-77(68,69)70)48-40(47-38)45-23-9-10-30(28(15-23)37(43)53)50-52-31-17-26-20(14-35(31)75(62,63)64)13-24(73(56,57)58)16-34(26)74(59,60)61/h1-10,13-19H,11-12,42H2,(H2,43,53)(H,56,57,58)(H,59,60,61)(H,62,63,64)(H,65,66,67)(H,68,69,70)(H2,44,45,46,47,48). The largest absolute Gasteiger partial charge is 0.398 e. The van der Waals surface area contributed by atoms with Crippen LogP contribution < -0.4 is 22.1 Å². The van der Waals surface area contributed by atoms with Crippen molar-refractivity contribution in [1.82, 2.24) is 15.0 Å². The monoisotopic (exact) mass is 1200 g/mol. The van der Waals surface area contributed by atoms with Gasteiger partial charge in [0.05, 0.1) is 39.1 Å². The van der Waals surface area contributed by atoms with Gasteiger partial charge in [-0.05, 0) is 102 Å². The highest BCUT2D eigenvalue weighted by molar-refractivity contribution is 7.91. The molecule has 6 aromatic carbocycles. The van der Waals surface area contributed by atoms with Gasteiger partial charge < -0.3 is 22.1 Å². The highest BCUT2D eigenvalue weighted by atomic mass is 35.5. The van der Waals surface area contributed by atoms with E-state index in [1.165, 1.54) is 48.5 Å². The van der Waals surface area contributed by atoms with Gasteiger partial charge in [0.15, 0.2) is 9.84 Å². The molecule has 1 amide bonds. The van der Waals surface area contributed by atoms with Crippen LogP contribution in [0.5, 0.6) is 0 Å². The summed E-state index contributed by atoms with van der Waals surface area (Å²) in [5.74, 6) is -2.39. The number of sulfone groups is 1. The van der Waals surface area contributed by atoms with Crippen molar-refractivity contribution in [3.05, 3.63) is 114 Å². The molecule has 0 aliphatic heterocycles. The molecule has 0 aliphatic rings. The normalized spacial score (nSPS) is 12.9.